The summed E-state index contributed by atoms with van der Waals surface area (Å²) in [7, 11) is 1.53. The summed E-state index contributed by atoms with van der Waals surface area (Å²) in [6.45, 7) is 1.37. The molecule has 0 bridgehead atoms. The van der Waals surface area contributed by atoms with E-state index in [1.165, 1.54) is 18.3 Å². The Labute approximate surface area is 206 Å². The third kappa shape index (κ3) is 4.40. The lowest BCUT2D eigenvalue weighted by atomic mass is 10.1. The SMILES string of the molecule is COc1cnc(-c2ccncn2)c2[nH]cc(CC(=O)C(=O)N3CCN(C(=O)c4ccccc4)CC3)c12. The van der Waals surface area contributed by atoms with Crippen LogP contribution in [0, 0.1) is 0 Å². The summed E-state index contributed by atoms with van der Waals surface area (Å²) in [6.07, 6.45) is 6.24. The monoisotopic (exact) mass is 484 g/mol. The first-order chi connectivity index (χ1) is 17.6. The Hall–Kier alpha value is -4.60. The van der Waals surface area contributed by atoms with Gasteiger partial charge in [0, 0.05) is 55.9 Å². The van der Waals surface area contributed by atoms with Crippen LogP contribution in [0.1, 0.15) is 15.9 Å². The van der Waals surface area contributed by atoms with Crippen LogP contribution in [-0.2, 0) is 16.0 Å². The fraction of sp³-hybridized carbons (Fsp3) is 0.231. The van der Waals surface area contributed by atoms with Crippen molar-refractivity contribution in [3.63, 3.8) is 0 Å². The quantitative estimate of drug-likeness (QED) is 0.416. The molecule has 1 aliphatic rings. The summed E-state index contributed by atoms with van der Waals surface area (Å²) in [5.74, 6) is -0.665. The van der Waals surface area contributed by atoms with Gasteiger partial charge in [-0.2, -0.15) is 0 Å². The molecule has 2 amide bonds. The largest absolute Gasteiger partial charge is 0.494 e. The van der Waals surface area contributed by atoms with Gasteiger partial charge in [-0.15, -0.1) is 0 Å². The number of hydrogen-bond acceptors (Lipinski definition) is 7. The second-order valence-electron chi connectivity index (χ2n) is 8.38. The molecule has 0 saturated carbocycles. The molecule has 0 radical (unpaired) electrons. The van der Waals surface area contributed by atoms with Crippen LogP contribution in [0.4, 0.5) is 0 Å². The summed E-state index contributed by atoms with van der Waals surface area (Å²) in [5.41, 5.74) is 3.12. The molecule has 4 heterocycles. The number of nitrogens with one attached hydrogen (secondary N) is 1. The van der Waals surface area contributed by atoms with Crippen LogP contribution in [-0.4, -0.2) is 80.6 Å². The lowest BCUT2D eigenvalue weighted by molar-refractivity contribution is -0.145. The van der Waals surface area contributed by atoms with Gasteiger partial charge in [-0.1, -0.05) is 18.2 Å². The maximum absolute atomic E-state index is 13.0. The zero-order valence-electron chi connectivity index (χ0n) is 19.7. The number of carbonyl (C=O) groups excluding carboxylic acids is 3. The number of pyridine rings is 1. The molecule has 1 N–H and O–H groups in total. The number of benzene rings is 1. The van der Waals surface area contributed by atoms with E-state index in [-0.39, 0.29) is 12.3 Å². The minimum atomic E-state index is -0.555. The van der Waals surface area contributed by atoms with Crippen molar-refractivity contribution in [2.75, 3.05) is 33.3 Å². The molecule has 10 nitrogen and oxygen atoms in total. The van der Waals surface area contributed by atoms with Crippen molar-refractivity contribution in [1.82, 2.24) is 29.7 Å². The molecule has 10 heteroatoms. The van der Waals surface area contributed by atoms with E-state index in [0.717, 1.165) is 0 Å². The second-order valence-corrected chi connectivity index (χ2v) is 8.38. The molecule has 1 saturated heterocycles. The molecular formula is C26H24N6O4. The molecule has 5 rings (SSSR count). The average Bonchev–Trinajstić information content (AvgIpc) is 3.36. The van der Waals surface area contributed by atoms with Gasteiger partial charge in [-0.25, -0.2) is 15.0 Å². The topological polar surface area (TPSA) is 121 Å². The first-order valence-electron chi connectivity index (χ1n) is 11.5. The summed E-state index contributed by atoms with van der Waals surface area (Å²) in [5, 5.41) is 0.681. The summed E-state index contributed by atoms with van der Waals surface area (Å²) in [6, 6.07) is 10.8. The van der Waals surface area contributed by atoms with Gasteiger partial charge >= 0.3 is 0 Å². The average molecular weight is 485 g/mol. The minimum absolute atomic E-state index is 0.0759. The van der Waals surface area contributed by atoms with Crippen LogP contribution in [0.3, 0.4) is 0 Å². The molecule has 0 unspecified atom stereocenters. The van der Waals surface area contributed by atoms with Crippen LogP contribution >= 0.6 is 0 Å². The van der Waals surface area contributed by atoms with E-state index in [1.807, 2.05) is 18.2 Å². The molecule has 36 heavy (non-hydrogen) atoms. The number of fused-ring (bicyclic) bond motifs is 1. The molecule has 3 aromatic heterocycles. The standard InChI is InChI=1S/C26H24N6O4/c1-36-21-15-29-23(19-7-8-27-16-30-19)24-22(21)18(14-28-24)13-20(33)26(35)32-11-9-31(10-12-32)25(34)17-5-3-2-4-6-17/h2-8,14-16,28H,9-13H2,1H3. The van der Waals surface area contributed by atoms with Gasteiger partial charge in [-0.05, 0) is 23.8 Å². The fourth-order valence-corrected chi connectivity index (χ4v) is 4.40. The van der Waals surface area contributed by atoms with Gasteiger partial charge in [0.05, 0.1) is 24.5 Å². The van der Waals surface area contributed by atoms with Gasteiger partial charge in [0.15, 0.2) is 0 Å². The van der Waals surface area contributed by atoms with Gasteiger partial charge in [0.1, 0.15) is 17.8 Å². The highest BCUT2D eigenvalue weighted by molar-refractivity contribution is 6.36. The third-order valence-electron chi connectivity index (χ3n) is 6.26. The van der Waals surface area contributed by atoms with Crippen LogP contribution in [0.15, 0.2) is 61.3 Å². The predicted octanol–water partition coefficient (Wildman–Crippen LogP) is 2.12. The van der Waals surface area contributed by atoms with E-state index in [1.54, 1.807) is 41.7 Å². The molecule has 1 fully saturated rings. The summed E-state index contributed by atoms with van der Waals surface area (Å²) >= 11 is 0. The number of rotatable bonds is 6. The van der Waals surface area contributed by atoms with E-state index >= 15 is 0 Å². The molecule has 4 aromatic rings. The summed E-state index contributed by atoms with van der Waals surface area (Å²) in [4.78, 5) is 57.6. The molecule has 1 aliphatic heterocycles. The predicted molar refractivity (Wildman–Crippen MR) is 131 cm³/mol. The maximum Gasteiger partial charge on any atom is 0.290 e. The van der Waals surface area contributed by atoms with E-state index in [2.05, 4.69) is 19.9 Å². The Bertz CT molecular complexity index is 1410. The van der Waals surface area contributed by atoms with Gasteiger partial charge in [-0.3, -0.25) is 14.4 Å². The number of ether oxygens (including phenoxy) is 1. The van der Waals surface area contributed by atoms with E-state index in [9.17, 15) is 14.4 Å². The number of methoxy groups -OCH3 is 1. The van der Waals surface area contributed by atoms with Crippen LogP contribution in [0.5, 0.6) is 5.75 Å². The number of Topliss-reactive ketones (excluding diaryl/α,β-unsaturated/α-hetero) is 1. The third-order valence-corrected chi connectivity index (χ3v) is 6.26. The number of aromatic nitrogens is 4. The highest BCUT2D eigenvalue weighted by atomic mass is 16.5. The number of ketones is 1. The number of hydrogen-bond donors (Lipinski definition) is 1. The minimum Gasteiger partial charge on any atom is -0.494 e. The fourth-order valence-electron chi connectivity index (χ4n) is 4.40. The molecule has 0 aliphatic carbocycles. The van der Waals surface area contributed by atoms with Crippen molar-refractivity contribution in [1.29, 1.82) is 0 Å². The molecule has 1 aromatic carbocycles. The van der Waals surface area contributed by atoms with Crippen LogP contribution in [0.2, 0.25) is 0 Å². The van der Waals surface area contributed by atoms with Gasteiger partial charge in [0.2, 0.25) is 5.78 Å². The lowest BCUT2D eigenvalue weighted by Crippen LogP contribution is -2.52. The molecule has 182 valence electrons. The van der Waals surface area contributed by atoms with Gasteiger partial charge in [0.25, 0.3) is 11.8 Å². The van der Waals surface area contributed by atoms with Crippen molar-refractivity contribution in [2.45, 2.75) is 6.42 Å². The lowest BCUT2D eigenvalue weighted by Gasteiger charge is -2.34. The normalized spacial score (nSPS) is 13.6. The van der Waals surface area contributed by atoms with Crippen LogP contribution < -0.4 is 4.74 Å². The Kier molecular flexibility index (Phi) is 6.40. The van der Waals surface area contributed by atoms with Crippen molar-refractivity contribution >= 4 is 28.5 Å². The zero-order valence-corrected chi connectivity index (χ0v) is 19.7. The Balaban J connectivity index is 1.30. The molecular weight excluding hydrogens is 460 g/mol. The van der Waals surface area contributed by atoms with Crippen molar-refractivity contribution in [3.05, 3.63) is 72.4 Å². The molecule has 0 atom stereocenters. The number of aromatic amines is 1. The van der Waals surface area contributed by atoms with Crippen molar-refractivity contribution < 1.29 is 19.1 Å². The maximum atomic E-state index is 13.0. The Morgan fingerprint density at radius 3 is 2.44 bits per heavy atom. The number of carbonyl (C=O) groups is 3. The second kappa shape index (κ2) is 9.95. The number of H-pyrrole nitrogens is 1. The highest BCUT2D eigenvalue weighted by Crippen LogP contribution is 2.34. The van der Waals surface area contributed by atoms with E-state index in [0.29, 0.717) is 65.3 Å². The first-order valence-corrected chi connectivity index (χ1v) is 11.5. The number of nitrogens with zero attached hydrogens (tertiary/aromatic N) is 5. The smallest absolute Gasteiger partial charge is 0.290 e. The first kappa shape index (κ1) is 23.2. The number of amides is 2. The van der Waals surface area contributed by atoms with Crippen LogP contribution in [0.25, 0.3) is 22.3 Å². The molecule has 0 spiro atoms. The van der Waals surface area contributed by atoms with Crippen molar-refractivity contribution in [3.8, 4) is 17.1 Å². The Morgan fingerprint density at radius 1 is 1.00 bits per heavy atom. The van der Waals surface area contributed by atoms with E-state index in [4.69, 9.17) is 4.74 Å². The summed E-state index contributed by atoms with van der Waals surface area (Å²) < 4.78 is 5.49. The number of piperazine rings is 1. The zero-order chi connectivity index (χ0) is 25.1. The Morgan fingerprint density at radius 2 is 1.75 bits per heavy atom. The van der Waals surface area contributed by atoms with E-state index < -0.39 is 11.7 Å². The van der Waals surface area contributed by atoms with Crippen molar-refractivity contribution in [2.24, 2.45) is 0 Å². The highest BCUT2D eigenvalue weighted by Gasteiger charge is 2.29. The van der Waals surface area contributed by atoms with Gasteiger partial charge < -0.3 is 19.5 Å².